The molecule has 1 aliphatic rings. The van der Waals surface area contributed by atoms with Gasteiger partial charge in [0.2, 0.25) is 5.91 Å². The summed E-state index contributed by atoms with van der Waals surface area (Å²) >= 11 is 0. The summed E-state index contributed by atoms with van der Waals surface area (Å²) < 4.78 is 0. The number of rotatable bonds is 5. The van der Waals surface area contributed by atoms with Crippen molar-refractivity contribution in [3.8, 4) is 0 Å². The molecule has 0 fully saturated rings. The van der Waals surface area contributed by atoms with Gasteiger partial charge in [-0.15, -0.1) is 0 Å². The van der Waals surface area contributed by atoms with Crippen LogP contribution >= 0.6 is 0 Å². The van der Waals surface area contributed by atoms with E-state index in [-0.39, 0.29) is 11.9 Å². The Kier molecular flexibility index (Phi) is 5.57. The van der Waals surface area contributed by atoms with Crippen molar-refractivity contribution in [2.24, 2.45) is 0 Å². The zero-order valence-electron chi connectivity index (χ0n) is 15.7. The van der Waals surface area contributed by atoms with Crippen LogP contribution in [0.2, 0.25) is 0 Å². The van der Waals surface area contributed by atoms with Crippen LogP contribution in [0.4, 0.5) is 0 Å². The van der Waals surface area contributed by atoms with Gasteiger partial charge in [-0.05, 0) is 86.3 Å². The van der Waals surface area contributed by atoms with Crippen LogP contribution in [0, 0.1) is 13.8 Å². The molecule has 3 rings (SSSR count). The number of carbonyl (C=O) groups is 1. The molecule has 25 heavy (non-hydrogen) atoms. The van der Waals surface area contributed by atoms with Gasteiger partial charge in [-0.2, -0.15) is 0 Å². The van der Waals surface area contributed by atoms with E-state index in [2.05, 4.69) is 62.5 Å². The molecule has 0 spiro atoms. The fourth-order valence-electron chi connectivity index (χ4n) is 3.64. The summed E-state index contributed by atoms with van der Waals surface area (Å²) in [5.74, 6) is 0.128. The smallest absolute Gasteiger partial charge is 0.220 e. The number of hydrogen-bond acceptors (Lipinski definition) is 1. The second-order valence-corrected chi connectivity index (χ2v) is 7.44. The summed E-state index contributed by atoms with van der Waals surface area (Å²) in [7, 11) is 0. The molecule has 0 saturated carbocycles. The molecule has 1 aliphatic carbocycles. The summed E-state index contributed by atoms with van der Waals surface area (Å²) in [6, 6.07) is 13.2. The maximum Gasteiger partial charge on any atom is 0.220 e. The van der Waals surface area contributed by atoms with E-state index >= 15 is 0 Å². The summed E-state index contributed by atoms with van der Waals surface area (Å²) in [4.78, 5) is 12.3. The van der Waals surface area contributed by atoms with E-state index < -0.39 is 0 Å². The third-order valence-corrected chi connectivity index (χ3v) is 5.46. The SMILES string of the molecule is Cc1ccc(CCC(=O)N[C@H](C)c2ccc3c(c2)CCCC3)cc1C. The second kappa shape index (κ2) is 7.86. The molecule has 0 heterocycles. The van der Waals surface area contributed by atoms with Crippen molar-refractivity contribution in [1.82, 2.24) is 5.32 Å². The molecule has 0 aliphatic heterocycles. The maximum atomic E-state index is 12.3. The average Bonchev–Trinajstić information content (AvgIpc) is 2.62. The zero-order chi connectivity index (χ0) is 17.8. The van der Waals surface area contributed by atoms with Crippen LogP contribution < -0.4 is 5.32 Å². The number of aryl methyl sites for hydroxylation is 5. The van der Waals surface area contributed by atoms with Crippen LogP contribution in [0.3, 0.4) is 0 Å². The van der Waals surface area contributed by atoms with E-state index in [4.69, 9.17) is 0 Å². The Labute approximate surface area is 151 Å². The van der Waals surface area contributed by atoms with E-state index in [0.29, 0.717) is 6.42 Å². The van der Waals surface area contributed by atoms with Gasteiger partial charge in [0.25, 0.3) is 0 Å². The van der Waals surface area contributed by atoms with Gasteiger partial charge >= 0.3 is 0 Å². The number of nitrogens with one attached hydrogen (secondary N) is 1. The highest BCUT2D eigenvalue weighted by molar-refractivity contribution is 5.76. The normalized spacial score (nSPS) is 14.7. The Bertz CT molecular complexity index is 763. The largest absolute Gasteiger partial charge is 0.350 e. The third-order valence-electron chi connectivity index (χ3n) is 5.46. The van der Waals surface area contributed by atoms with Gasteiger partial charge in [0.15, 0.2) is 0 Å². The van der Waals surface area contributed by atoms with Crippen LogP contribution in [-0.4, -0.2) is 5.91 Å². The van der Waals surface area contributed by atoms with Gasteiger partial charge in [0.05, 0.1) is 6.04 Å². The number of carbonyl (C=O) groups excluding carboxylic acids is 1. The lowest BCUT2D eigenvalue weighted by molar-refractivity contribution is -0.121. The molecule has 1 N–H and O–H groups in total. The molecular formula is C23H29NO. The van der Waals surface area contributed by atoms with E-state index in [1.165, 1.54) is 59.1 Å². The maximum absolute atomic E-state index is 12.3. The van der Waals surface area contributed by atoms with Crippen molar-refractivity contribution in [3.05, 3.63) is 69.8 Å². The lowest BCUT2D eigenvalue weighted by Crippen LogP contribution is -2.27. The average molecular weight is 335 g/mol. The van der Waals surface area contributed by atoms with E-state index in [1.807, 2.05) is 0 Å². The minimum absolute atomic E-state index is 0.0690. The van der Waals surface area contributed by atoms with Crippen molar-refractivity contribution < 1.29 is 4.79 Å². The molecule has 132 valence electrons. The minimum atomic E-state index is 0.0690. The molecular weight excluding hydrogens is 306 g/mol. The van der Waals surface area contributed by atoms with E-state index in [9.17, 15) is 4.79 Å². The topological polar surface area (TPSA) is 29.1 Å². The van der Waals surface area contributed by atoms with Crippen LogP contribution in [-0.2, 0) is 24.1 Å². The van der Waals surface area contributed by atoms with Crippen molar-refractivity contribution in [2.75, 3.05) is 0 Å². The standard InChI is InChI=1S/C23H29NO/c1-16-8-9-19(14-17(16)2)10-13-23(25)24-18(3)21-12-11-20-6-4-5-7-22(20)15-21/h8-9,11-12,14-15,18H,4-7,10,13H2,1-3H3,(H,24,25)/t18-/m1/s1. The van der Waals surface area contributed by atoms with Gasteiger partial charge in [-0.1, -0.05) is 36.4 Å². The molecule has 2 heteroatoms. The van der Waals surface area contributed by atoms with E-state index in [0.717, 1.165) is 6.42 Å². The molecule has 0 bridgehead atoms. The molecule has 2 aromatic carbocycles. The highest BCUT2D eigenvalue weighted by atomic mass is 16.1. The predicted octanol–water partition coefficient (Wildman–Crippen LogP) is 4.99. The summed E-state index contributed by atoms with van der Waals surface area (Å²) in [5.41, 5.74) is 8.01. The molecule has 0 unspecified atom stereocenters. The van der Waals surface area contributed by atoms with Crippen molar-refractivity contribution >= 4 is 5.91 Å². The molecule has 1 atom stereocenters. The van der Waals surface area contributed by atoms with Gasteiger partial charge < -0.3 is 5.32 Å². The van der Waals surface area contributed by atoms with Crippen molar-refractivity contribution in [3.63, 3.8) is 0 Å². The highest BCUT2D eigenvalue weighted by Gasteiger charge is 2.14. The fourth-order valence-corrected chi connectivity index (χ4v) is 3.64. The Hall–Kier alpha value is -2.09. The summed E-state index contributed by atoms with van der Waals surface area (Å²) in [6.07, 6.45) is 6.30. The van der Waals surface area contributed by atoms with E-state index in [1.54, 1.807) is 0 Å². The Morgan fingerprint density at radius 1 is 1.00 bits per heavy atom. The quantitative estimate of drug-likeness (QED) is 0.819. The first-order valence-corrected chi connectivity index (χ1v) is 9.50. The Morgan fingerprint density at radius 2 is 1.76 bits per heavy atom. The molecule has 1 amide bonds. The van der Waals surface area contributed by atoms with Gasteiger partial charge in [-0.25, -0.2) is 0 Å². The van der Waals surface area contributed by atoms with Crippen LogP contribution in [0.5, 0.6) is 0 Å². The first kappa shape index (κ1) is 17.7. The number of fused-ring (bicyclic) bond motifs is 1. The van der Waals surface area contributed by atoms with Crippen LogP contribution in [0.1, 0.15) is 65.6 Å². The highest BCUT2D eigenvalue weighted by Crippen LogP contribution is 2.24. The number of amides is 1. The fraction of sp³-hybridized carbons (Fsp3) is 0.435. The van der Waals surface area contributed by atoms with Crippen LogP contribution in [0.25, 0.3) is 0 Å². The van der Waals surface area contributed by atoms with Crippen molar-refractivity contribution in [1.29, 1.82) is 0 Å². The zero-order valence-corrected chi connectivity index (χ0v) is 15.7. The molecule has 0 saturated heterocycles. The molecule has 2 nitrogen and oxygen atoms in total. The molecule has 0 radical (unpaired) electrons. The number of benzene rings is 2. The molecule has 0 aromatic heterocycles. The lowest BCUT2D eigenvalue weighted by atomic mass is 9.89. The van der Waals surface area contributed by atoms with Gasteiger partial charge in [0.1, 0.15) is 0 Å². The lowest BCUT2D eigenvalue weighted by Gasteiger charge is -2.20. The monoisotopic (exact) mass is 335 g/mol. The first-order valence-electron chi connectivity index (χ1n) is 9.50. The molecule has 2 aromatic rings. The Morgan fingerprint density at radius 3 is 2.52 bits per heavy atom. The summed E-state index contributed by atoms with van der Waals surface area (Å²) in [5, 5.41) is 3.16. The predicted molar refractivity (Wildman–Crippen MR) is 104 cm³/mol. The van der Waals surface area contributed by atoms with Crippen molar-refractivity contribution in [2.45, 2.75) is 65.3 Å². The minimum Gasteiger partial charge on any atom is -0.350 e. The third kappa shape index (κ3) is 4.50. The van der Waals surface area contributed by atoms with Crippen LogP contribution in [0.15, 0.2) is 36.4 Å². The first-order chi connectivity index (χ1) is 12.0. The number of hydrogen-bond donors (Lipinski definition) is 1. The van der Waals surface area contributed by atoms with Gasteiger partial charge in [-0.3, -0.25) is 4.79 Å². The van der Waals surface area contributed by atoms with Gasteiger partial charge in [0, 0.05) is 6.42 Å². The summed E-state index contributed by atoms with van der Waals surface area (Å²) in [6.45, 7) is 6.32. The Balaban J connectivity index is 1.56. The second-order valence-electron chi connectivity index (χ2n) is 7.44.